The molecule has 2 aliphatic carbocycles. The molecule has 1 heteroatoms. The topological polar surface area (TPSA) is 17.1 Å². The molecule has 2 atom stereocenters. The third-order valence-corrected chi connectivity index (χ3v) is 5.85. The van der Waals surface area contributed by atoms with Crippen molar-refractivity contribution in [1.29, 1.82) is 0 Å². The van der Waals surface area contributed by atoms with Crippen LogP contribution in [0.1, 0.15) is 90.4 Å². The van der Waals surface area contributed by atoms with E-state index in [4.69, 9.17) is 0 Å². The molecule has 2 aliphatic rings. The van der Waals surface area contributed by atoms with Crippen LogP contribution in [0.4, 0.5) is 0 Å². The number of carbonyl (C=O) groups is 1. The Morgan fingerprint density at radius 1 is 0.850 bits per heavy atom. The fraction of sp³-hybridized carbons (Fsp3) is 0.947. The van der Waals surface area contributed by atoms with Gasteiger partial charge >= 0.3 is 0 Å². The molecule has 2 fully saturated rings. The lowest BCUT2D eigenvalue weighted by atomic mass is 9.79. The molecule has 0 bridgehead atoms. The first-order chi connectivity index (χ1) is 9.78. The average molecular weight is 278 g/mol. The Bertz CT molecular complexity index is 265. The smallest absolute Gasteiger partial charge is 0.123 e. The van der Waals surface area contributed by atoms with Crippen LogP contribution in [0.5, 0.6) is 0 Å². The van der Waals surface area contributed by atoms with Gasteiger partial charge in [-0.15, -0.1) is 0 Å². The second-order valence-electron chi connectivity index (χ2n) is 7.69. The standard InChI is InChI=1S/C19H34O/c1-16-6-5-9-18(14-16)8-4-2-3-7-17-10-12-19(15-20)13-11-17/h15-19H,2-14H2,1H3. The number of aldehydes is 1. The van der Waals surface area contributed by atoms with Crippen molar-refractivity contribution in [2.75, 3.05) is 0 Å². The summed E-state index contributed by atoms with van der Waals surface area (Å²) in [6.07, 6.45) is 19.3. The first-order valence-electron chi connectivity index (χ1n) is 9.23. The van der Waals surface area contributed by atoms with Gasteiger partial charge in [-0.05, 0) is 49.9 Å². The molecule has 0 N–H and O–H groups in total. The number of hydrogen-bond donors (Lipinski definition) is 0. The van der Waals surface area contributed by atoms with Crippen molar-refractivity contribution >= 4 is 6.29 Å². The van der Waals surface area contributed by atoms with Crippen LogP contribution in [0, 0.1) is 23.7 Å². The van der Waals surface area contributed by atoms with Gasteiger partial charge in [0.15, 0.2) is 0 Å². The minimum atomic E-state index is 0.388. The van der Waals surface area contributed by atoms with Crippen LogP contribution >= 0.6 is 0 Å². The van der Waals surface area contributed by atoms with Crippen molar-refractivity contribution in [2.45, 2.75) is 90.4 Å². The van der Waals surface area contributed by atoms with E-state index < -0.39 is 0 Å². The van der Waals surface area contributed by atoms with E-state index in [9.17, 15) is 4.79 Å². The van der Waals surface area contributed by atoms with Gasteiger partial charge in [0.2, 0.25) is 0 Å². The quantitative estimate of drug-likeness (QED) is 0.427. The third kappa shape index (κ3) is 5.58. The van der Waals surface area contributed by atoms with Crippen molar-refractivity contribution in [3.05, 3.63) is 0 Å². The predicted molar refractivity (Wildman–Crippen MR) is 85.7 cm³/mol. The van der Waals surface area contributed by atoms with Gasteiger partial charge in [0.05, 0.1) is 0 Å². The van der Waals surface area contributed by atoms with E-state index in [-0.39, 0.29) is 0 Å². The van der Waals surface area contributed by atoms with E-state index in [1.165, 1.54) is 76.9 Å². The highest BCUT2D eigenvalue weighted by Crippen LogP contribution is 2.33. The van der Waals surface area contributed by atoms with Crippen LogP contribution in [-0.2, 0) is 4.79 Å². The molecule has 2 rings (SSSR count). The normalized spacial score (nSPS) is 34.9. The van der Waals surface area contributed by atoms with Gasteiger partial charge in [0, 0.05) is 5.92 Å². The van der Waals surface area contributed by atoms with Crippen LogP contribution in [0.3, 0.4) is 0 Å². The molecule has 2 saturated carbocycles. The fourth-order valence-electron chi connectivity index (χ4n) is 4.48. The zero-order valence-corrected chi connectivity index (χ0v) is 13.5. The largest absolute Gasteiger partial charge is 0.303 e. The molecule has 1 nitrogen and oxygen atoms in total. The van der Waals surface area contributed by atoms with E-state index in [2.05, 4.69) is 6.92 Å². The van der Waals surface area contributed by atoms with Crippen LogP contribution < -0.4 is 0 Å². The first kappa shape index (κ1) is 16.0. The molecule has 116 valence electrons. The lowest BCUT2D eigenvalue weighted by molar-refractivity contribution is -0.112. The maximum absolute atomic E-state index is 10.7. The minimum absolute atomic E-state index is 0.388. The summed E-state index contributed by atoms with van der Waals surface area (Å²) in [5.74, 6) is 3.35. The Balaban J connectivity index is 1.46. The highest BCUT2D eigenvalue weighted by molar-refractivity contribution is 5.53. The average Bonchev–Trinajstić information content (AvgIpc) is 2.48. The van der Waals surface area contributed by atoms with E-state index in [0.29, 0.717) is 5.92 Å². The minimum Gasteiger partial charge on any atom is -0.303 e. The van der Waals surface area contributed by atoms with Crippen molar-refractivity contribution in [3.63, 3.8) is 0 Å². The summed E-state index contributed by atoms with van der Waals surface area (Å²) in [5, 5.41) is 0. The Morgan fingerprint density at radius 3 is 2.20 bits per heavy atom. The Labute approximate surface area is 125 Å². The lowest BCUT2D eigenvalue weighted by Crippen LogP contribution is -2.15. The van der Waals surface area contributed by atoms with E-state index in [1.807, 2.05) is 0 Å². The third-order valence-electron chi connectivity index (χ3n) is 5.85. The molecule has 0 aromatic carbocycles. The number of rotatable bonds is 7. The molecule has 0 spiro atoms. The van der Waals surface area contributed by atoms with Gasteiger partial charge in [0.1, 0.15) is 6.29 Å². The number of carbonyl (C=O) groups excluding carboxylic acids is 1. The lowest BCUT2D eigenvalue weighted by Gasteiger charge is -2.27. The fourth-order valence-corrected chi connectivity index (χ4v) is 4.48. The molecule has 0 aromatic rings. The summed E-state index contributed by atoms with van der Waals surface area (Å²) in [5.41, 5.74) is 0. The van der Waals surface area contributed by atoms with Gasteiger partial charge in [-0.2, -0.15) is 0 Å². The number of unbranched alkanes of at least 4 members (excludes halogenated alkanes) is 2. The van der Waals surface area contributed by atoms with Gasteiger partial charge in [-0.25, -0.2) is 0 Å². The maximum atomic E-state index is 10.7. The van der Waals surface area contributed by atoms with Gasteiger partial charge in [-0.3, -0.25) is 0 Å². The molecule has 0 saturated heterocycles. The predicted octanol–water partition coefficient (Wildman–Crippen LogP) is 5.77. The van der Waals surface area contributed by atoms with Gasteiger partial charge in [0.25, 0.3) is 0 Å². The van der Waals surface area contributed by atoms with Gasteiger partial charge in [-0.1, -0.05) is 58.3 Å². The Kier molecular flexibility index (Phi) is 7.10. The molecule has 0 amide bonds. The Morgan fingerprint density at radius 2 is 1.55 bits per heavy atom. The van der Waals surface area contributed by atoms with E-state index in [0.717, 1.165) is 30.6 Å². The van der Waals surface area contributed by atoms with Crippen molar-refractivity contribution in [2.24, 2.45) is 23.7 Å². The van der Waals surface area contributed by atoms with Crippen LogP contribution in [0.25, 0.3) is 0 Å². The van der Waals surface area contributed by atoms with Crippen LogP contribution in [-0.4, -0.2) is 6.29 Å². The van der Waals surface area contributed by atoms with E-state index in [1.54, 1.807) is 0 Å². The molecule has 2 unspecified atom stereocenters. The summed E-state index contributed by atoms with van der Waals surface area (Å²) in [7, 11) is 0. The summed E-state index contributed by atoms with van der Waals surface area (Å²) in [6.45, 7) is 2.43. The van der Waals surface area contributed by atoms with Crippen molar-refractivity contribution in [1.82, 2.24) is 0 Å². The van der Waals surface area contributed by atoms with Crippen molar-refractivity contribution in [3.8, 4) is 0 Å². The monoisotopic (exact) mass is 278 g/mol. The molecule has 0 radical (unpaired) electrons. The van der Waals surface area contributed by atoms with Crippen LogP contribution in [0.15, 0.2) is 0 Å². The molecule has 0 heterocycles. The van der Waals surface area contributed by atoms with E-state index >= 15 is 0 Å². The highest BCUT2D eigenvalue weighted by Gasteiger charge is 2.20. The van der Waals surface area contributed by atoms with Gasteiger partial charge < -0.3 is 4.79 Å². The molecule has 0 aromatic heterocycles. The number of hydrogen-bond acceptors (Lipinski definition) is 1. The molecule has 0 aliphatic heterocycles. The first-order valence-corrected chi connectivity index (χ1v) is 9.23. The summed E-state index contributed by atoms with van der Waals surface area (Å²) in [4.78, 5) is 10.7. The maximum Gasteiger partial charge on any atom is 0.123 e. The summed E-state index contributed by atoms with van der Waals surface area (Å²) >= 11 is 0. The second kappa shape index (κ2) is 8.85. The van der Waals surface area contributed by atoms with Crippen molar-refractivity contribution < 1.29 is 4.79 Å². The Hall–Kier alpha value is -0.330. The molecule has 20 heavy (non-hydrogen) atoms. The highest BCUT2D eigenvalue weighted by atomic mass is 16.1. The zero-order valence-electron chi connectivity index (χ0n) is 13.5. The second-order valence-corrected chi connectivity index (χ2v) is 7.69. The molecular formula is C19H34O. The molecular weight excluding hydrogens is 244 g/mol. The van der Waals surface area contributed by atoms with Crippen LogP contribution in [0.2, 0.25) is 0 Å². The zero-order chi connectivity index (χ0) is 14.2. The SMILES string of the molecule is CC1CCCC(CCCCCC2CCC(C=O)CC2)C1. The summed E-state index contributed by atoms with van der Waals surface area (Å²) < 4.78 is 0. The summed E-state index contributed by atoms with van der Waals surface area (Å²) in [6, 6.07) is 0.